The molecule has 11 aromatic rings. The molecule has 1 saturated carbocycles. The van der Waals surface area contributed by atoms with E-state index in [1.165, 1.54) is 90.4 Å². The van der Waals surface area contributed by atoms with Gasteiger partial charge in [0, 0.05) is 78.3 Å². The lowest BCUT2D eigenvalue weighted by Gasteiger charge is -2.42. The van der Waals surface area contributed by atoms with Crippen molar-refractivity contribution in [3.8, 4) is 17.5 Å². The van der Waals surface area contributed by atoms with Crippen LogP contribution >= 0.6 is 75.0 Å². The lowest BCUT2D eigenvalue weighted by molar-refractivity contribution is -0.122. The highest BCUT2D eigenvalue weighted by Gasteiger charge is 2.48. The molecule has 6 aromatic heterocycles. The lowest BCUT2D eigenvalue weighted by Crippen LogP contribution is -2.47. The number of nitrogens with zero attached hydrogens (tertiary/aromatic N) is 13. The molecule has 44 heteroatoms. The molecule has 3 saturated heterocycles. The molecule has 16 rings (SSSR count). The third-order valence-corrected chi connectivity index (χ3v) is 37.7. The molecule has 0 spiro atoms. The lowest BCUT2D eigenvalue weighted by atomic mass is 9.88. The number of sulfone groups is 2. The fourth-order valence-electron chi connectivity index (χ4n) is 16.6. The van der Waals surface area contributed by atoms with Gasteiger partial charge in [0.05, 0.1) is 89.4 Å². The number of carbonyl (C=O) groups excluding carboxylic acids is 1. The third kappa shape index (κ3) is 26.7. The number of anilines is 16. The van der Waals surface area contributed by atoms with Gasteiger partial charge >= 0.3 is 0 Å². The molecule has 2 unspecified atom stereocenters. The van der Waals surface area contributed by atoms with E-state index in [2.05, 4.69) is 151 Å². The number of hydrogen-bond donors (Lipinski definition) is 9. The molecule has 0 radical (unpaired) electrons. The van der Waals surface area contributed by atoms with Crippen molar-refractivity contribution in [1.29, 1.82) is 0 Å². The number of pyridine rings is 2. The van der Waals surface area contributed by atoms with Gasteiger partial charge < -0.3 is 95.4 Å². The second kappa shape index (κ2) is 45.8. The normalized spacial score (nSPS) is 17.4. The Labute approximate surface area is 838 Å². The van der Waals surface area contributed by atoms with Gasteiger partial charge in [0.1, 0.15) is 76.7 Å². The van der Waals surface area contributed by atoms with Crippen molar-refractivity contribution in [2.24, 2.45) is 29.4 Å². The molecule has 9 heterocycles. The predicted molar refractivity (Wildman–Crippen MR) is 569 cm³/mol. The van der Waals surface area contributed by atoms with E-state index in [1.54, 1.807) is 159 Å². The molecule has 2 aliphatic carbocycles. The Hall–Kier alpha value is -10.6. The van der Waals surface area contributed by atoms with E-state index in [4.69, 9.17) is 66.3 Å². The van der Waals surface area contributed by atoms with Crippen molar-refractivity contribution in [2.75, 3.05) is 167 Å². The van der Waals surface area contributed by atoms with Gasteiger partial charge in [-0.25, -0.2) is 46.7 Å². The summed E-state index contributed by atoms with van der Waals surface area (Å²) >= 11 is 25.3. The van der Waals surface area contributed by atoms with E-state index >= 15 is 0 Å². The summed E-state index contributed by atoms with van der Waals surface area (Å²) in [5, 5.41) is 26.7. The molecule has 4 fully saturated rings. The largest absolute Gasteiger partial charge is 0.495 e. The number of aryl methyl sites for hydroxylation is 1. The topological polar surface area (TPSA) is 442 Å². The van der Waals surface area contributed by atoms with Gasteiger partial charge in [0.2, 0.25) is 41.5 Å². The molecule has 140 heavy (non-hydrogen) atoms. The monoisotopic (exact) mass is 2100 g/mol. The number of methoxy groups -OCH3 is 3. The van der Waals surface area contributed by atoms with Gasteiger partial charge in [-0.2, -0.15) is 19.9 Å². The third-order valence-electron chi connectivity index (χ3n) is 24.9. The Morgan fingerprint density at radius 1 is 0.493 bits per heavy atom. The molecule has 746 valence electrons. The first-order chi connectivity index (χ1) is 66.3. The van der Waals surface area contributed by atoms with Crippen molar-refractivity contribution < 1.29 is 54.1 Å². The molecule has 10 N–H and O–H groups in total. The van der Waals surface area contributed by atoms with Gasteiger partial charge in [-0.15, -0.1) is 0 Å². The van der Waals surface area contributed by atoms with E-state index in [0.717, 1.165) is 66.8 Å². The van der Waals surface area contributed by atoms with Crippen LogP contribution in [0.3, 0.4) is 0 Å². The van der Waals surface area contributed by atoms with Crippen LogP contribution in [0.4, 0.5) is 92.6 Å². The highest BCUT2D eigenvalue weighted by atomic mass is 35.5. The number of rotatable bonds is 30. The van der Waals surface area contributed by atoms with Crippen LogP contribution < -0.4 is 88.9 Å². The molecule has 5 aromatic carbocycles. The Morgan fingerprint density at radius 2 is 0.943 bits per heavy atom. The summed E-state index contributed by atoms with van der Waals surface area (Å²) in [4.78, 5) is 63.6. The van der Waals surface area contributed by atoms with Crippen molar-refractivity contribution in [1.82, 2.24) is 59.6 Å². The van der Waals surface area contributed by atoms with Crippen LogP contribution in [0.1, 0.15) is 72.3 Å². The summed E-state index contributed by atoms with van der Waals surface area (Å²) in [6.07, 6.45) is 17.3. The van der Waals surface area contributed by atoms with Crippen LogP contribution in [0.25, 0.3) is 0 Å². The summed E-state index contributed by atoms with van der Waals surface area (Å²) in [5.41, 5.74) is 13.2. The summed E-state index contributed by atoms with van der Waals surface area (Å²) in [5.74, 6) is 4.14. The van der Waals surface area contributed by atoms with Gasteiger partial charge in [-0.1, -0.05) is 89.7 Å². The predicted octanol–water partition coefficient (Wildman–Crippen LogP) is 18.7. The zero-order chi connectivity index (χ0) is 101. The van der Waals surface area contributed by atoms with E-state index in [0.29, 0.717) is 96.2 Å². The highest BCUT2D eigenvalue weighted by Crippen LogP contribution is 2.49. The maximum atomic E-state index is 13.4. The van der Waals surface area contributed by atoms with E-state index in [9.17, 15) is 39.9 Å². The number of allylic oxidation sites excluding steroid dienone is 1. The number of nitrogens with one attached hydrogen (secondary N) is 8. The van der Waals surface area contributed by atoms with Crippen LogP contribution in [0.15, 0.2) is 180 Å². The number of benzene rings is 5. The summed E-state index contributed by atoms with van der Waals surface area (Å²) in [6.45, 7) is 27.4. The molecular formula is C96H120Cl4N22O12P4S2. The first-order valence-corrected chi connectivity index (χ1v) is 60.1. The Kier molecular flexibility index (Phi) is 34.9. The number of hydrogen-bond acceptors (Lipinski definition) is 33. The molecule has 2 bridgehead atoms. The van der Waals surface area contributed by atoms with Crippen molar-refractivity contribution >= 4 is 215 Å². The molecule has 1 amide bonds. The second-order valence-corrected chi connectivity index (χ2v) is 56.0. The zero-order valence-corrected chi connectivity index (χ0v) is 89.1. The minimum absolute atomic E-state index is 0.138. The van der Waals surface area contributed by atoms with E-state index in [-0.39, 0.29) is 84.9 Å². The minimum atomic E-state index is -3.54. The average molecular weight is 2100 g/mol. The number of piperidine rings is 2. The fourth-order valence-corrected chi connectivity index (χ4v) is 24.6. The number of para-hydroxylation sites is 2. The molecule has 5 aliphatic rings. The summed E-state index contributed by atoms with van der Waals surface area (Å²) < 4.78 is 118. The van der Waals surface area contributed by atoms with Gasteiger partial charge in [0.15, 0.2) is 42.9 Å². The fraction of sp³-hybridized carbons (Fsp3) is 0.385. The number of carbonyl (C=O) groups is 1. The number of amides is 1. The van der Waals surface area contributed by atoms with E-state index < -0.39 is 58.7 Å². The van der Waals surface area contributed by atoms with Crippen LogP contribution in [0, 0.1) is 30.6 Å². The maximum absolute atomic E-state index is 13.4. The number of likely N-dealkylation sites (tertiary alicyclic amines) is 1. The highest BCUT2D eigenvalue weighted by molar-refractivity contribution is 7.92. The van der Waals surface area contributed by atoms with Gasteiger partial charge in [0.25, 0.3) is 0 Å². The number of aromatic nitrogens is 10. The number of nitrogens with two attached hydrogens (primary N) is 1. The first kappa shape index (κ1) is 107. The second-order valence-electron chi connectivity index (χ2n) is 36.7. The summed E-state index contributed by atoms with van der Waals surface area (Å²) in [7, 11) is -10.4. The molecule has 3 aliphatic heterocycles. The van der Waals surface area contributed by atoms with E-state index in [1.807, 2.05) is 31.3 Å². The van der Waals surface area contributed by atoms with Crippen LogP contribution in [-0.2, 0) is 42.7 Å². The first-order valence-electron chi connectivity index (χ1n) is 45.6. The molecule has 4 atom stereocenters. The average Bonchev–Trinajstić information content (AvgIpc) is 1.82. The van der Waals surface area contributed by atoms with Gasteiger partial charge in [-0.05, 0) is 259 Å². The van der Waals surface area contributed by atoms with Gasteiger partial charge in [-0.3, -0.25) is 4.79 Å². The Bertz CT molecular complexity index is 6600. The smallest absolute Gasteiger partial charge is 0.238 e. The maximum Gasteiger partial charge on any atom is 0.238 e. The zero-order valence-electron chi connectivity index (χ0n) is 80.9. The Balaban J connectivity index is 0.000000158. The quantitative estimate of drug-likeness (QED) is 0.0149. The standard InChI is InChI=1S/C30H40ClN6OP.C23H29ClN7O3P.C22H26ClN4O4PS.C21H25ClN5O4PS/c1-21-11-15-36(16-12-21)24-13-17-37(18-14-24)25-7-10-28(22(2)19-25)34-30-32-20-27(31)29(35-30)33-23-5-8-26(9-6-23)39(3,4)38;1-31-7-9-35(33,10-8-31)17-6-5-16(22(28-17)34-2)27-23-26-12-15(24)21(30-23)29-19-14-4-3-13(11-14)18(19)20(25)32;1-14(2)33(29,30)20-9-7-6-8-18(20)25-21-16(23)13-24-22(27-21)26-17-11-10-15(32(4,5)28)12-19(17)31-3;1-13(2)33(29,30)17-9-7-6-8-15(17)24-19-14(22)12-23-21(27-19)25-16-10-11-18(32(4,5)28)26-20(16)31-3/h5-10,19-21,24H,11-18H2,1-4H3,(H2,32,33,34,35);3-6,12-14,18-19H,7-11H2,1-2H3,(H2,25,32)(H2,26,27,29,30);6-14H,1-5H3,(H2,24,25,26,27);6-13H,1-5H3,(H2,23,24,25,27)/t;13?,14?,18-,19+;;/m.1../s1. The number of halogens is 4. The van der Waals surface area contributed by atoms with Crippen molar-refractivity contribution in [3.63, 3.8) is 0 Å². The number of primary amides is 1. The molecule has 34 nitrogen and oxygen atoms in total. The van der Waals surface area contributed by atoms with Crippen molar-refractivity contribution in [3.05, 3.63) is 196 Å². The van der Waals surface area contributed by atoms with Crippen LogP contribution in [0.2, 0.25) is 20.1 Å². The SMILES string of the molecule is COc1cc(P(C)(C)=O)ccc1Nc1ncc(Cl)c(Nc2ccccc2S(=O)(=O)C(C)C)n1.COc1nc(P(C)(C)=O)ccc1Nc1ncc(Cl)c(Nc2ccccc2S(=O)(=O)C(C)C)n1.COc1nc(P2(=O)CCN(C)CC2)ccc1Nc1ncc(Cl)c(N[C@H]2C3C=CC(C3)[C@H]2C(N)=O)n1.Cc1cc(N2CCC(N3CCC(C)CC3)CC2)ccc1Nc1ncc(Cl)c(Nc2ccc(P(C)(C)=O)cc2)n1. The van der Waals surface area contributed by atoms with Crippen molar-refractivity contribution in [2.45, 2.75) is 106 Å². The molecular weight excluding hydrogens is 1980 g/mol. The van der Waals surface area contributed by atoms with Crippen LogP contribution in [0.5, 0.6) is 17.5 Å². The Morgan fingerprint density at radius 3 is 1.43 bits per heavy atom. The minimum Gasteiger partial charge on any atom is -0.495 e. The van der Waals surface area contributed by atoms with Crippen LogP contribution in [-0.4, -0.2) is 225 Å². The summed E-state index contributed by atoms with van der Waals surface area (Å²) in [6, 6.07) is 39.9. The number of fused-ring (bicyclic) bond motifs is 2. The number of ether oxygens (including phenoxy) is 3.